The number of fused-ring (bicyclic) bond motifs is 1. The molecular formula is C33H26N4O2. The number of nitrogens with zero attached hydrogens (tertiary/aromatic N) is 4. The van der Waals surface area contributed by atoms with Crippen molar-refractivity contribution in [2.75, 3.05) is 12.1 Å². The molecule has 0 radical (unpaired) electrons. The molecule has 2 aromatic heterocycles. The normalized spacial score (nSPS) is 15.1. The minimum absolute atomic E-state index is 0.0785. The predicted molar refractivity (Wildman–Crippen MR) is 155 cm³/mol. The molecule has 0 saturated heterocycles. The molecule has 4 aromatic carbocycles. The highest BCUT2D eigenvalue weighted by atomic mass is 16.5. The van der Waals surface area contributed by atoms with Crippen LogP contribution in [0.1, 0.15) is 23.6 Å². The number of furan rings is 1. The highest BCUT2D eigenvalue weighted by Gasteiger charge is 2.34. The van der Waals surface area contributed by atoms with E-state index in [-0.39, 0.29) is 6.04 Å². The summed E-state index contributed by atoms with van der Waals surface area (Å²) in [6.07, 6.45) is 2.83. The molecule has 7 rings (SSSR count). The van der Waals surface area contributed by atoms with Gasteiger partial charge in [0.25, 0.3) is 0 Å². The van der Waals surface area contributed by atoms with Crippen LogP contribution in [0, 0.1) is 0 Å². The van der Waals surface area contributed by atoms with Crippen molar-refractivity contribution in [3.63, 3.8) is 0 Å². The summed E-state index contributed by atoms with van der Waals surface area (Å²) in [5.41, 5.74) is 6.79. The zero-order valence-electron chi connectivity index (χ0n) is 21.4. The summed E-state index contributed by atoms with van der Waals surface area (Å²) in [6, 6.07) is 38.6. The maximum atomic E-state index is 6.34. The summed E-state index contributed by atoms with van der Waals surface area (Å²) >= 11 is 0. The number of benzene rings is 4. The summed E-state index contributed by atoms with van der Waals surface area (Å²) in [5, 5.41) is 13.4. The van der Waals surface area contributed by atoms with E-state index >= 15 is 0 Å². The van der Waals surface area contributed by atoms with Gasteiger partial charge in [-0.05, 0) is 66.2 Å². The van der Waals surface area contributed by atoms with Gasteiger partial charge >= 0.3 is 0 Å². The topological polar surface area (TPSA) is 55.8 Å². The lowest BCUT2D eigenvalue weighted by Gasteiger charge is -2.23. The zero-order valence-corrected chi connectivity index (χ0v) is 21.4. The molecule has 190 valence electrons. The number of methoxy groups -OCH3 is 1. The molecular weight excluding hydrogens is 484 g/mol. The van der Waals surface area contributed by atoms with Crippen LogP contribution in [0.2, 0.25) is 0 Å². The number of aromatic nitrogens is 2. The van der Waals surface area contributed by atoms with Crippen LogP contribution in [0.15, 0.2) is 131 Å². The number of rotatable bonds is 6. The van der Waals surface area contributed by atoms with Crippen LogP contribution in [0.5, 0.6) is 5.75 Å². The third-order valence-electron chi connectivity index (χ3n) is 7.14. The predicted octanol–water partition coefficient (Wildman–Crippen LogP) is 7.65. The lowest BCUT2D eigenvalue weighted by molar-refractivity contribution is 0.415. The number of ether oxygens (including phenoxy) is 1. The second kappa shape index (κ2) is 9.65. The van der Waals surface area contributed by atoms with E-state index in [1.807, 2.05) is 71.4 Å². The molecule has 0 spiro atoms. The molecule has 6 heteroatoms. The van der Waals surface area contributed by atoms with E-state index in [2.05, 4.69) is 59.7 Å². The molecule has 0 amide bonds. The van der Waals surface area contributed by atoms with E-state index in [1.165, 1.54) is 0 Å². The first-order valence-corrected chi connectivity index (χ1v) is 13.0. The Hall–Kier alpha value is -5.10. The molecule has 39 heavy (non-hydrogen) atoms. The molecule has 6 aromatic rings. The largest absolute Gasteiger partial charge is 0.497 e. The minimum atomic E-state index is -0.0785. The standard InChI is InChI=1S/C33H26N4O2/c1-38-27-18-16-23(17-19-27)29-21-30(37(34-29)26-13-6-3-7-14-26)28-22-36(25-11-4-2-5-12-25)35-33(28)32-20-24-10-8-9-15-31(24)39-32/h2-20,22,30H,21H2,1H3/t30-/m1/s1. The minimum Gasteiger partial charge on any atom is -0.497 e. The summed E-state index contributed by atoms with van der Waals surface area (Å²) in [4.78, 5) is 0. The van der Waals surface area contributed by atoms with Gasteiger partial charge in [0.1, 0.15) is 17.0 Å². The third kappa shape index (κ3) is 4.26. The average molecular weight is 511 g/mol. The van der Waals surface area contributed by atoms with Crippen LogP contribution in [-0.2, 0) is 0 Å². The smallest absolute Gasteiger partial charge is 0.156 e. The maximum Gasteiger partial charge on any atom is 0.156 e. The molecule has 3 heterocycles. The number of para-hydroxylation sites is 3. The Morgan fingerprint density at radius 2 is 1.49 bits per heavy atom. The summed E-state index contributed by atoms with van der Waals surface area (Å²) < 4.78 is 13.6. The highest BCUT2D eigenvalue weighted by Crippen LogP contribution is 2.41. The second-order valence-electron chi connectivity index (χ2n) is 9.54. The Bertz CT molecular complexity index is 1740. The van der Waals surface area contributed by atoms with Crippen LogP contribution in [0.4, 0.5) is 5.69 Å². The van der Waals surface area contributed by atoms with Gasteiger partial charge in [0.2, 0.25) is 0 Å². The highest BCUT2D eigenvalue weighted by molar-refractivity contribution is 6.03. The van der Waals surface area contributed by atoms with Crippen LogP contribution in [0.3, 0.4) is 0 Å². The van der Waals surface area contributed by atoms with Gasteiger partial charge in [0.15, 0.2) is 5.76 Å². The van der Waals surface area contributed by atoms with Crippen LogP contribution >= 0.6 is 0 Å². The van der Waals surface area contributed by atoms with E-state index in [0.29, 0.717) is 0 Å². The molecule has 0 fully saturated rings. The molecule has 1 aliphatic rings. The first-order valence-electron chi connectivity index (χ1n) is 13.0. The molecule has 0 unspecified atom stereocenters. The van der Waals surface area contributed by atoms with Gasteiger partial charge in [-0.2, -0.15) is 10.2 Å². The van der Waals surface area contributed by atoms with Crippen molar-refractivity contribution in [1.29, 1.82) is 0 Å². The first-order chi connectivity index (χ1) is 19.3. The number of hydrazone groups is 1. The second-order valence-corrected chi connectivity index (χ2v) is 9.54. The van der Waals surface area contributed by atoms with Gasteiger partial charge in [0, 0.05) is 23.6 Å². The van der Waals surface area contributed by atoms with Crippen molar-refractivity contribution in [3.8, 4) is 22.9 Å². The van der Waals surface area contributed by atoms with Crippen LogP contribution in [0.25, 0.3) is 28.1 Å². The summed E-state index contributed by atoms with van der Waals surface area (Å²) in [6.45, 7) is 0. The number of hydrogen-bond acceptors (Lipinski definition) is 5. The van der Waals surface area contributed by atoms with E-state index in [9.17, 15) is 0 Å². The number of hydrogen-bond donors (Lipinski definition) is 0. The molecule has 0 saturated carbocycles. The third-order valence-corrected chi connectivity index (χ3v) is 7.14. The Morgan fingerprint density at radius 3 is 2.21 bits per heavy atom. The molecule has 6 nitrogen and oxygen atoms in total. The summed E-state index contributed by atoms with van der Waals surface area (Å²) in [7, 11) is 1.68. The monoisotopic (exact) mass is 510 g/mol. The summed E-state index contributed by atoms with van der Waals surface area (Å²) in [5.74, 6) is 1.57. The SMILES string of the molecule is COc1ccc(C2=NN(c3ccccc3)[C@@H](c3cn(-c4ccccc4)nc3-c3cc4ccccc4o3)C2)cc1. The lowest BCUT2D eigenvalue weighted by Crippen LogP contribution is -2.18. The van der Waals surface area contributed by atoms with E-state index in [4.69, 9.17) is 19.4 Å². The van der Waals surface area contributed by atoms with Crippen molar-refractivity contribution in [3.05, 3.63) is 133 Å². The fourth-order valence-corrected chi connectivity index (χ4v) is 5.16. The number of anilines is 1. The van der Waals surface area contributed by atoms with Gasteiger partial charge in [-0.15, -0.1) is 0 Å². The van der Waals surface area contributed by atoms with Crippen LogP contribution in [-0.4, -0.2) is 22.6 Å². The Morgan fingerprint density at radius 1 is 0.795 bits per heavy atom. The molecule has 0 N–H and O–H groups in total. The molecule has 1 atom stereocenters. The van der Waals surface area contributed by atoms with E-state index in [1.54, 1.807) is 7.11 Å². The molecule has 1 aliphatic heterocycles. The van der Waals surface area contributed by atoms with Gasteiger partial charge in [-0.25, -0.2) is 4.68 Å². The fraction of sp³-hybridized carbons (Fsp3) is 0.0909. The lowest BCUT2D eigenvalue weighted by atomic mass is 9.97. The molecule has 0 aliphatic carbocycles. The maximum absolute atomic E-state index is 6.34. The quantitative estimate of drug-likeness (QED) is 0.231. The zero-order chi connectivity index (χ0) is 26.2. The van der Waals surface area contributed by atoms with Crippen molar-refractivity contribution in [2.45, 2.75) is 12.5 Å². The van der Waals surface area contributed by atoms with E-state index < -0.39 is 0 Å². The van der Waals surface area contributed by atoms with Crippen molar-refractivity contribution < 1.29 is 9.15 Å². The Labute approximate surface area is 226 Å². The van der Waals surface area contributed by atoms with Crippen LogP contribution < -0.4 is 9.75 Å². The van der Waals surface area contributed by atoms with Crippen molar-refractivity contribution in [1.82, 2.24) is 9.78 Å². The van der Waals surface area contributed by atoms with Crippen molar-refractivity contribution in [2.24, 2.45) is 5.10 Å². The van der Waals surface area contributed by atoms with Gasteiger partial charge < -0.3 is 9.15 Å². The van der Waals surface area contributed by atoms with Gasteiger partial charge in [0.05, 0.1) is 30.2 Å². The Balaban J connectivity index is 1.38. The van der Waals surface area contributed by atoms with Gasteiger partial charge in [-0.3, -0.25) is 5.01 Å². The van der Waals surface area contributed by atoms with E-state index in [0.717, 1.165) is 62.8 Å². The fourth-order valence-electron chi connectivity index (χ4n) is 5.16. The van der Waals surface area contributed by atoms with Gasteiger partial charge in [-0.1, -0.05) is 54.6 Å². The Kier molecular flexibility index (Phi) is 5.70. The first kappa shape index (κ1) is 23.0. The average Bonchev–Trinajstić information content (AvgIpc) is 3.74. The van der Waals surface area contributed by atoms with Crippen molar-refractivity contribution >= 4 is 22.4 Å². The molecule has 0 bridgehead atoms.